The van der Waals surface area contributed by atoms with Gasteiger partial charge in [0.05, 0.1) is 6.42 Å². The van der Waals surface area contributed by atoms with Gasteiger partial charge in [0.25, 0.3) is 11.1 Å². The molecule has 46 heavy (non-hydrogen) atoms. The van der Waals surface area contributed by atoms with Crippen LogP contribution in [0, 0.1) is 5.92 Å². The molecule has 0 spiro atoms. The van der Waals surface area contributed by atoms with Gasteiger partial charge in [-0.2, -0.15) is 0 Å². The summed E-state index contributed by atoms with van der Waals surface area (Å²) in [7, 11) is 0. The summed E-state index contributed by atoms with van der Waals surface area (Å²) in [5, 5.41) is 20.4. The number of carbonyl (C=O) groups is 3. The van der Waals surface area contributed by atoms with Crippen molar-refractivity contribution in [1.29, 1.82) is 0 Å². The highest BCUT2D eigenvalue weighted by molar-refractivity contribution is 5.92. The van der Waals surface area contributed by atoms with E-state index >= 15 is 0 Å². The molecule has 5 rings (SSSR count). The third-order valence-electron chi connectivity index (χ3n) is 7.60. The Kier molecular flexibility index (Phi) is 11.8. The predicted molar refractivity (Wildman–Crippen MR) is 175 cm³/mol. The van der Waals surface area contributed by atoms with Crippen LogP contribution in [0.4, 0.5) is 5.69 Å². The summed E-state index contributed by atoms with van der Waals surface area (Å²) in [4.78, 5) is 59.2. The SMILES string of the molecule is CC1CCN(Cc2cccc(-c3ccc(=O)n(CC(=O)O)c3)c2)CC1.O=C(O)Cn1cc(CC(=O)Nc2ccccc2)ccc1=O. The van der Waals surface area contributed by atoms with Gasteiger partial charge in [-0.25, -0.2) is 0 Å². The first-order valence-corrected chi connectivity index (χ1v) is 15.1. The molecule has 0 bridgehead atoms. The molecule has 1 fully saturated rings. The average molecular weight is 627 g/mol. The number of carboxylic acid groups (broad SMARTS) is 2. The highest BCUT2D eigenvalue weighted by atomic mass is 16.4. The van der Waals surface area contributed by atoms with E-state index in [1.165, 1.54) is 47.4 Å². The van der Waals surface area contributed by atoms with Crippen LogP contribution in [0.2, 0.25) is 0 Å². The van der Waals surface area contributed by atoms with Gasteiger partial charge < -0.3 is 24.7 Å². The molecule has 0 radical (unpaired) electrons. The van der Waals surface area contributed by atoms with Crippen molar-refractivity contribution < 1.29 is 24.6 Å². The summed E-state index contributed by atoms with van der Waals surface area (Å²) in [6.07, 6.45) is 5.58. The molecule has 4 aromatic rings. The van der Waals surface area contributed by atoms with Crippen molar-refractivity contribution in [1.82, 2.24) is 14.0 Å². The number of carboxylic acids is 2. The number of hydrogen-bond donors (Lipinski definition) is 3. The fourth-order valence-corrected chi connectivity index (χ4v) is 5.17. The lowest BCUT2D eigenvalue weighted by Crippen LogP contribution is -2.32. The molecule has 11 heteroatoms. The molecule has 11 nitrogen and oxygen atoms in total. The third kappa shape index (κ3) is 10.4. The molecule has 0 unspecified atom stereocenters. The van der Waals surface area contributed by atoms with Crippen LogP contribution in [-0.2, 0) is 40.4 Å². The molecule has 1 aliphatic rings. The lowest BCUT2D eigenvalue weighted by Gasteiger charge is -2.30. The second kappa shape index (κ2) is 16.1. The lowest BCUT2D eigenvalue weighted by molar-refractivity contribution is -0.138. The molecule has 1 aliphatic heterocycles. The maximum absolute atomic E-state index is 11.9. The van der Waals surface area contributed by atoms with Crippen LogP contribution < -0.4 is 16.4 Å². The van der Waals surface area contributed by atoms with E-state index in [1.54, 1.807) is 24.4 Å². The van der Waals surface area contributed by atoms with Crippen molar-refractivity contribution in [3.8, 4) is 11.1 Å². The molecular formula is C35H38N4O7. The van der Waals surface area contributed by atoms with Crippen molar-refractivity contribution in [3.05, 3.63) is 123 Å². The van der Waals surface area contributed by atoms with E-state index < -0.39 is 24.0 Å². The molecule has 3 N–H and O–H groups in total. The minimum atomic E-state index is -1.11. The van der Waals surface area contributed by atoms with E-state index in [1.807, 2.05) is 30.3 Å². The molecule has 1 saturated heterocycles. The highest BCUT2D eigenvalue weighted by Gasteiger charge is 2.16. The summed E-state index contributed by atoms with van der Waals surface area (Å²) < 4.78 is 2.30. The molecule has 0 aliphatic carbocycles. The number of amides is 1. The largest absolute Gasteiger partial charge is 0.480 e. The van der Waals surface area contributed by atoms with Crippen LogP contribution in [0.25, 0.3) is 11.1 Å². The van der Waals surface area contributed by atoms with Gasteiger partial charge >= 0.3 is 11.9 Å². The maximum atomic E-state index is 11.9. The highest BCUT2D eigenvalue weighted by Crippen LogP contribution is 2.22. The average Bonchev–Trinajstić information content (AvgIpc) is 3.01. The number of piperidine rings is 1. The number of pyridine rings is 2. The molecule has 3 heterocycles. The molecule has 2 aromatic heterocycles. The standard InChI is InChI=1S/C20H24N2O3.C15H14N2O4/c1-15-7-9-21(10-8-15)12-16-3-2-4-17(11-16)18-5-6-19(23)22(13-18)14-20(24)25;18-13(16-12-4-2-1-3-5-12)8-11-6-7-14(19)17(9-11)10-15(20)21/h2-6,11,13,15H,7-10,12,14H2,1H3,(H,24,25);1-7,9H,8,10H2,(H,16,18)(H,20,21). The zero-order valence-corrected chi connectivity index (χ0v) is 25.7. The summed E-state index contributed by atoms with van der Waals surface area (Å²) in [5.41, 5.74) is 3.64. The Bertz CT molecular complexity index is 1770. The van der Waals surface area contributed by atoms with E-state index in [0.29, 0.717) is 11.3 Å². The van der Waals surface area contributed by atoms with Gasteiger partial charge in [-0.05, 0) is 78.4 Å². The molecule has 240 valence electrons. The van der Waals surface area contributed by atoms with E-state index in [9.17, 15) is 24.0 Å². The Balaban J connectivity index is 0.000000212. The fourth-order valence-electron chi connectivity index (χ4n) is 5.17. The number of benzene rings is 2. The molecule has 0 atom stereocenters. The minimum Gasteiger partial charge on any atom is -0.480 e. The van der Waals surface area contributed by atoms with E-state index in [0.717, 1.165) is 41.2 Å². The lowest BCUT2D eigenvalue weighted by atomic mass is 9.98. The monoisotopic (exact) mass is 626 g/mol. The Morgan fingerprint density at radius 1 is 0.739 bits per heavy atom. The van der Waals surface area contributed by atoms with E-state index in [-0.39, 0.29) is 24.4 Å². The van der Waals surface area contributed by atoms with Gasteiger partial charge in [-0.3, -0.25) is 28.9 Å². The summed E-state index contributed by atoms with van der Waals surface area (Å²) in [6.45, 7) is 4.76. The predicted octanol–water partition coefficient (Wildman–Crippen LogP) is 3.95. The van der Waals surface area contributed by atoms with Crippen LogP contribution in [0.5, 0.6) is 0 Å². The van der Waals surface area contributed by atoms with E-state index in [4.69, 9.17) is 10.2 Å². The van der Waals surface area contributed by atoms with Gasteiger partial charge in [0.2, 0.25) is 5.91 Å². The third-order valence-corrected chi connectivity index (χ3v) is 7.60. The second-order valence-corrected chi connectivity index (χ2v) is 11.4. The van der Waals surface area contributed by atoms with Gasteiger partial charge in [0.1, 0.15) is 13.1 Å². The number of rotatable bonds is 10. The smallest absolute Gasteiger partial charge is 0.323 e. The van der Waals surface area contributed by atoms with Crippen LogP contribution in [0.15, 0.2) is 101 Å². The minimum absolute atomic E-state index is 0.0643. The summed E-state index contributed by atoms with van der Waals surface area (Å²) >= 11 is 0. The first-order valence-electron chi connectivity index (χ1n) is 15.1. The van der Waals surface area contributed by atoms with Crippen molar-refractivity contribution in [3.63, 3.8) is 0 Å². The zero-order chi connectivity index (χ0) is 33.1. The Hall–Kier alpha value is -5.29. The van der Waals surface area contributed by atoms with Crippen molar-refractivity contribution in [2.75, 3.05) is 18.4 Å². The van der Waals surface area contributed by atoms with Gasteiger partial charge in [0.15, 0.2) is 0 Å². The summed E-state index contributed by atoms with van der Waals surface area (Å²) in [5.74, 6) is -1.55. The normalized spacial score (nSPS) is 13.3. The second-order valence-electron chi connectivity index (χ2n) is 11.4. The molecule has 2 aromatic carbocycles. The van der Waals surface area contributed by atoms with Crippen LogP contribution in [0.3, 0.4) is 0 Å². The number of likely N-dealkylation sites (tertiary alicyclic amines) is 1. The van der Waals surface area contributed by atoms with Crippen molar-refractivity contribution in [2.45, 2.75) is 45.8 Å². The first-order chi connectivity index (χ1) is 22.0. The van der Waals surface area contributed by atoms with Gasteiger partial charge in [-0.1, -0.05) is 49.4 Å². The Labute approximate surface area is 266 Å². The first kappa shape index (κ1) is 33.6. The number of aromatic nitrogens is 2. The Morgan fingerprint density at radius 2 is 1.37 bits per heavy atom. The Morgan fingerprint density at radius 3 is 2.02 bits per heavy atom. The van der Waals surface area contributed by atoms with Crippen LogP contribution in [0.1, 0.15) is 30.9 Å². The van der Waals surface area contributed by atoms with Crippen LogP contribution >= 0.6 is 0 Å². The van der Waals surface area contributed by atoms with Gasteiger partial charge in [-0.15, -0.1) is 0 Å². The van der Waals surface area contributed by atoms with Crippen molar-refractivity contribution in [2.24, 2.45) is 5.92 Å². The zero-order valence-electron chi connectivity index (χ0n) is 25.7. The van der Waals surface area contributed by atoms with Crippen LogP contribution in [-0.4, -0.2) is 55.2 Å². The number of nitrogens with zero attached hydrogens (tertiary/aromatic N) is 3. The number of nitrogens with one attached hydrogen (secondary N) is 1. The number of aliphatic carboxylic acids is 2. The quantitative estimate of drug-likeness (QED) is 0.240. The molecule has 0 saturated carbocycles. The topological polar surface area (TPSA) is 151 Å². The summed E-state index contributed by atoms with van der Waals surface area (Å²) in [6, 6.07) is 23.2. The number of carbonyl (C=O) groups excluding carboxylic acids is 1. The fraction of sp³-hybridized carbons (Fsp3) is 0.286. The molecule has 1 amide bonds. The van der Waals surface area contributed by atoms with E-state index in [2.05, 4.69) is 29.3 Å². The van der Waals surface area contributed by atoms with Gasteiger partial charge in [0, 0.05) is 36.8 Å². The number of para-hydroxylation sites is 1. The number of anilines is 1. The maximum Gasteiger partial charge on any atom is 0.323 e. The van der Waals surface area contributed by atoms with Crippen molar-refractivity contribution >= 4 is 23.5 Å². The molecular weight excluding hydrogens is 588 g/mol. The number of hydrogen-bond acceptors (Lipinski definition) is 6.